The summed E-state index contributed by atoms with van der Waals surface area (Å²) in [6, 6.07) is 9.78. The Morgan fingerprint density at radius 1 is 1.11 bits per heavy atom. The summed E-state index contributed by atoms with van der Waals surface area (Å²) in [5.41, 5.74) is 0.981. The number of rotatable bonds is 10. The van der Waals surface area contributed by atoms with E-state index in [2.05, 4.69) is 16.9 Å². The zero-order valence-corrected chi connectivity index (χ0v) is 12.5. The zero-order valence-electron chi connectivity index (χ0n) is 11.7. The lowest BCUT2D eigenvalue weighted by Gasteiger charge is -2.07. The average molecular weight is 280 g/mol. The molecule has 0 heterocycles. The van der Waals surface area contributed by atoms with Crippen LogP contribution in [0.4, 0.5) is 5.69 Å². The minimum absolute atomic E-state index is 0.0629. The van der Waals surface area contributed by atoms with Crippen LogP contribution < -0.4 is 10.6 Å². The maximum atomic E-state index is 11.6. The van der Waals surface area contributed by atoms with Crippen molar-refractivity contribution >= 4 is 23.4 Å². The van der Waals surface area contributed by atoms with Crippen LogP contribution in [0.5, 0.6) is 0 Å². The van der Waals surface area contributed by atoms with Gasteiger partial charge in [-0.3, -0.25) is 4.79 Å². The first-order chi connectivity index (χ1) is 9.33. The summed E-state index contributed by atoms with van der Waals surface area (Å²) >= 11 is 1.90. The van der Waals surface area contributed by atoms with Gasteiger partial charge in [0.15, 0.2) is 0 Å². The van der Waals surface area contributed by atoms with E-state index in [1.165, 1.54) is 25.0 Å². The Hall–Kier alpha value is -1.16. The Morgan fingerprint density at radius 3 is 2.58 bits per heavy atom. The highest BCUT2D eigenvalue weighted by atomic mass is 32.2. The van der Waals surface area contributed by atoms with Gasteiger partial charge in [0.25, 0.3) is 0 Å². The number of hydrogen-bond acceptors (Lipinski definition) is 3. The Kier molecular flexibility index (Phi) is 8.98. The predicted molar refractivity (Wildman–Crippen MR) is 84.8 cm³/mol. The van der Waals surface area contributed by atoms with Gasteiger partial charge in [0.05, 0.1) is 6.54 Å². The average Bonchev–Trinajstić information content (AvgIpc) is 2.45. The van der Waals surface area contributed by atoms with Gasteiger partial charge in [0.1, 0.15) is 0 Å². The molecule has 0 aliphatic heterocycles. The fourth-order valence-corrected chi connectivity index (χ4v) is 2.25. The molecule has 0 saturated heterocycles. The Balaban J connectivity index is 1.96. The molecule has 1 aromatic rings. The smallest absolute Gasteiger partial charge is 0.239 e. The molecule has 0 unspecified atom stereocenters. The number of para-hydroxylation sites is 1. The number of nitrogens with one attached hydrogen (secondary N) is 2. The van der Waals surface area contributed by atoms with Crippen LogP contribution in [0.3, 0.4) is 0 Å². The van der Waals surface area contributed by atoms with Gasteiger partial charge in [-0.05, 0) is 37.0 Å². The molecule has 106 valence electrons. The van der Waals surface area contributed by atoms with Gasteiger partial charge in [-0.25, -0.2) is 0 Å². The van der Waals surface area contributed by atoms with E-state index in [4.69, 9.17) is 0 Å². The van der Waals surface area contributed by atoms with Crippen LogP contribution in [-0.2, 0) is 4.79 Å². The van der Waals surface area contributed by atoms with E-state index in [1.807, 2.05) is 42.1 Å². The number of benzene rings is 1. The van der Waals surface area contributed by atoms with Gasteiger partial charge in [-0.15, -0.1) is 0 Å². The number of hydrogen-bond donors (Lipinski definition) is 2. The van der Waals surface area contributed by atoms with Crippen molar-refractivity contribution in [3.8, 4) is 0 Å². The van der Waals surface area contributed by atoms with Crippen molar-refractivity contribution in [2.45, 2.75) is 25.7 Å². The molecular weight excluding hydrogens is 256 g/mol. The topological polar surface area (TPSA) is 41.1 Å². The summed E-state index contributed by atoms with van der Waals surface area (Å²) in [4.78, 5) is 11.6. The van der Waals surface area contributed by atoms with Crippen molar-refractivity contribution in [3.05, 3.63) is 30.3 Å². The molecule has 0 saturated carbocycles. The van der Waals surface area contributed by atoms with Gasteiger partial charge in [0.2, 0.25) is 5.91 Å². The normalized spacial score (nSPS) is 10.2. The molecule has 0 spiro atoms. The minimum atomic E-state index is 0.0629. The summed E-state index contributed by atoms with van der Waals surface area (Å²) in [7, 11) is 0. The fourth-order valence-electron chi connectivity index (χ4n) is 1.75. The highest BCUT2D eigenvalue weighted by Crippen LogP contribution is 2.04. The lowest BCUT2D eigenvalue weighted by Crippen LogP contribution is -2.30. The number of anilines is 1. The molecule has 4 heteroatoms. The van der Waals surface area contributed by atoms with Crippen LogP contribution in [-0.4, -0.2) is 31.0 Å². The fraction of sp³-hybridized carbons (Fsp3) is 0.533. The summed E-state index contributed by atoms with van der Waals surface area (Å²) in [5, 5.41) is 6.04. The molecule has 1 rings (SSSR count). The summed E-state index contributed by atoms with van der Waals surface area (Å²) in [6.45, 7) is 1.13. The molecule has 0 aliphatic rings. The Morgan fingerprint density at radius 2 is 1.84 bits per heavy atom. The van der Waals surface area contributed by atoms with E-state index in [0.29, 0.717) is 6.54 Å². The van der Waals surface area contributed by atoms with Crippen LogP contribution in [0, 0.1) is 0 Å². The molecule has 0 bridgehead atoms. The molecular formula is C15H24N2OS. The van der Waals surface area contributed by atoms with E-state index in [-0.39, 0.29) is 5.91 Å². The molecule has 3 nitrogen and oxygen atoms in total. The molecule has 0 radical (unpaired) electrons. The second kappa shape index (κ2) is 10.7. The second-order valence-corrected chi connectivity index (χ2v) is 5.46. The van der Waals surface area contributed by atoms with Gasteiger partial charge in [-0.2, -0.15) is 11.8 Å². The van der Waals surface area contributed by atoms with E-state index in [1.54, 1.807) is 0 Å². The molecule has 1 aromatic carbocycles. The third kappa shape index (κ3) is 8.54. The minimum Gasteiger partial charge on any atom is -0.376 e. The molecule has 19 heavy (non-hydrogen) atoms. The van der Waals surface area contributed by atoms with Crippen LogP contribution >= 0.6 is 11.8 Å². The van der Waals surface area contributed by atoms with Crippen molar-refractivity contribution < 1.29 is 4.79 Å². The quantitative estimate of drug-likeness (QED) is 0.647. The van der Waals surface area contributed by atoms with Crippen molar-refractivity contribution in [2.24, 2.45) is 0 Å². The summed E-state index contributed by atoms with van der Waals surface area (Å²) in [5.74, 6) is 1.31. The van der Waals surface area contributed by atoms with Crippen molar-refractivity contribution in [1.29, 1.82) is 0 Å². The van der Waals surface area contributed by atoms with Gasteiger partial charge >= 0.3 is 0 Å². The van der Waals surface area contributed by atoms with Gasteiger partial charge < -0.3 is 10.6 Å². The van der Waals surface area contributed by atoms with Crippen LogP contribution in [0.1, 0.15) is 25.7 Å². The number of unbranched alkanes of at least 4 members (excludes halogenated alkanes) is 3. The first kappa shape index (κ1) is 15.9. The molecule has 1 amide bonds. The summed E-state index contributed by atoms with van der Waals surface area (Å²) in [6.07, 6.45) is 6.96. The Labute approximate surface area is 120 Å². The number of carbonyl (C=O) groups is 1. The lowest BCUT2D eigenvalue weighted by atomic mass is 10.2. The largest absolute Gasteiger partial charge is 0.376 e. The van der Waals surface area contributed by atoms with Gasteiger partial charge in [-0.1, -0.05) is 31.0 Å². The molecule has 0 aromatic heterocycles. The monoisotopic (exact) mass is 280 g/mol. The number of thioether (sulfide) groups is 1. The SMILES string of the molecule is CSCCCCCCNC(=O)CNc1ccccc1. The van der Waals surface area contributed by atoms with E-state index < -0.39 is 0 Å². The van der Waals surface area contributed by atoms with Gasteiger partial charge in [0, 0.05) is 12.2 Å². The van der Waals surface area contributed by atoms with Crippen molar-refractivity contribution in [3.63, 3.8) is 0 Å². The zero-order chi connectivity index (χ0) is 13.8. The van der Waals surface area contributed by atoms with Crippen LogP contribution in [0.25, 0.3) is 0 Å². The predicted octanol–water partition coefficient (Wildman–Crippen LogP) is 3.14. The third-order valence-electron chi connectivity index (χ3n) is 2.82. The van der Waals surface area contributed by atoms with Crippen LogP contribution in [0.15, 0.2) is 30.3 Å². The van der Waals surface area contributed by atoms with Crippen LogP contribution in [0.2, 0.25) is 0 Å². The molecule has 2 N–H and O–H groups in total. The van der Waals surface area contributed by atoms with Crippen molar-refractivity contribution in [2.75, 3.05) is 30.4 Å². The first-order valence-electron chi connectivity index (χ1n) is 6.87. The summed E-state index contributed by atoms with van der Waals surface area (Å²) < 4.78 is 0. The molecule has 0 aliphatic carbocycles. The molecule has 0 atom stereocenters. The standard InChI is InChI=1S/C15H24N2OS/c1-19-12-8-3-2-7-11-16-15(18)13-17-14-9-5-4-6-10-14/h4-6,9-10,17H,2-3,7-8,11-13H2,1H3,(H,16,18). The van der Waals surface area contributed by atoms with E-state index >= 15 is 0 Å². The van der Waals surface area contributed by atoms with Crippen molar-refractivity contribution in [1.82, 2.24) is 5.32 Å². The lowest BCUT2D eigenvalue weighted by molar-refractivity contribution is -0.119. The highest BCUT2D eigenvalue weighted by Gasteiger charge is 1.99. The van der Waals surface area contributed by atoms with E-state index in [0.717, 1.165) is 18.7 Å². The first-order valence-corrected chi connectivity index (χ1v) is 8.27. The number of carbonyl (C=O) groups excluding carboxylic acids is 1. The third-order valence-corrected chi connectivity index (χ3v) is 3.52. The number of amides is 1. The molecule has 0 fully saturated rings. The second-order valence-electron chi connectivity index (χ2n) is 4.48. The Bertz CT molecular complexity index is 343. The maximum Gasteiger partial charge on any atom is 0.239 e. The highest BCUT2D eigenvalue weighted by molar-refractivity contribution is 7.98. The van der Waals surface area contributed by atoms with E-state index in [9.17, 15) is 4.79 Å². The maximum absolute atomic E-state index is 11.6.